The molecule has 2 atom stereocenters. The zero-order valence-corrected chi connectivity index (χ0v) is 21.9. The molecular formula is C25H16ClF5N8S. The predicted octanol–water partition coefficient (Wildman–Crippen LogP) is 7.31. The number of anilines is 1. The third-order valence-electron chi connectivity index (χ3n) is 6.90. The molecule has 0 saturated carbocycles. The molecule has 1 aromatic carbocycles. The Balaban J connectivity index is 1.33. The van der Waals surface area contributed by atoms with E-state index in [4.69, 9.17) is 11.6 Å². The summed E-state index contributed by atoms with van der Waals surface area (Å²) in [7, 11) is 0. The van der Waals surface area contributed by atoms with Gasteiger partial charge in [0.05, 0.1) is 11.6 Å². The van der Waals surface area contributed by atoms with Crippen LogP contribution in [0.2, 0.25) is 5.02 Å². The van der Waals surface area contributed by atoms with Crippen molar-refractivity contribution in [3.63, 3.8) is 0 Å². The molecule has 0 bridgehead atoms. The Labute approximate surface area is 230 Å². The molecule has 8 nitrogen and oxygen atoms in total. The van der Waals surface area contributed by atoms with Crippen LogP contribution in [0.5, 0.6) is 0 Å². The van der Waals surface area contributed by atoms with Crippen LogP contribution < -0.4 is 5.32 Å². The molecule has 15 heteroatoms. The number of hydrogen-bond donors (Lipinski definition) is 1. The molecule has 1 aliphatic rings. The van der Waals surface area contributed by atoms with Gasteiger partial charge in [0.2, 0.25) is 5.82 Å². The zero-order valence-electron chi connectivity index (χ0n) is 20.3. The summed E-state index contributed by atoms with van der Waals surface area (Å²) in [6, 6.07) is 6.96. The summed E-state index contributed by atoms with van der Waals surface area (Å²) in [4.78, 5) is 13.5. The first-order chi connectivity index (χ1) is 19.1. The van der Waals surface area contributed by atoms with Crippen molar-refractivity contribution in [3.05, 3.63) is 64.6 Å². The maximum atomic E-state index is 14.1. The minimum absolute atomic E-state index is 0.0948. The molecule has 0 fully saturated rings. The van der Waals surface area contributed by atoms with Crippen molar-refractivity contribution in [1.82, 2.24) is 34.3 Å². The highest BCUT2D eigenvalue weighted by Crippen LogP contribution is 2.44. The van der Waals surface area contributed by atoms with Crippen molar-refractivity contribution in [3.8, 4) is 11.5 Å². The summed E-state index contributed by atoms with van der Waals surface area (Å²) < 4.78 is 71.9. The van der Waals surface area contributed by atoms with Gasteiger partial charge in [0.1, 0.15) is 33.1 Å². The van der Waals surface area contributed by atoms with Gasteiger partial charge in [-0.2, -0.15) is 18.3 Å². The largest absolute Gasteiger partial charge is 0.410 e. The summed E-state index contributed by atoms with van der Waals surface area (Å²) in [5.41, 5.74) is 1.97. The van der Waals surface area contributed by atoms with Crippen LogP contribution in [-0.4, -0.2) is 40.5 Å². The zero-order chi connectivity index (χ0) is 27.9. The van der Waals surface area contributed by atoms with Crippen LogP contribution in [0.3, 0.4) is 0 Å². The van der Waals surface area contributed by atoms with Crippen molar-refractivity contribution in [2.45, 2.75) is 38.0 Å². The number of halogens is 6. The number of fused-ring (bicyclic) bond motifs is 6. The van der Waals surface area contributed by atoms with E-state index < -0.39 is 24.7 Å². The lowest BCUT2D eigenvalue weighted by molar-refractivity contribution is -0.173. The average Bonchev–Trinajstić information content (AvgIpc) is 3.61. The number of benzene rings is 1. The van der Waals surface area contributed by atoms with E-state index >= 15 is 0 Å². The van der Waals surface area contributed by atoms with Crippen molar-refractivity contribution >= 4 is 54.8 Å². The number of hydrogen-bond acceptors (Lipinski definition) is 7. The fourth-order valence-electron chi connectivity index (χ4n) is 5.05. The van der Waals surface area contributed by atoms with Gasteiger partial charge in [-0.15, -0.1) is 16.4 Å². The van der Waals surface area contributed by atoms with Gasteiger partial charge in [0.25, 0.3) is 6.43 Å². The molecule has 6 aromatic rings. The second-order valence-corrected chi connectivity index (χ2v) is 10.9. The third-order valence-corrected chi connectivity index (χ3v) is 8.22. The molecule has 0 amide bonds. The first kappa shape index (κ1) is 25.1. The SMILES string of the molecule is Cc1cc(C(F)F)nc2sc3c(ncn4nc(-c5cc6n(n5)[C@H](C(F)(F)F)C[C@@H](c5ccc(Cl)cc5)N6)nc34)c12. The number of aromatic nitrogens is 7. The molecule has 0 saturated heterocycles. The number of nitrogens with zero attached hydrogens (tertiary/aromatic N) is 7. The minimum atomic E-state index is -4.55. The van der Waals surface area contributed by atoms with E-state index in [2.05, 4.69) is 30.5 Å². The van der Waals surface area contributed by atoms with Crippen LogP contribution >= 0.6 is 22.9 Å². The Morgan fingerprint density at radius 1 is 1.10 bits per heavy atom. The summed E-state index contributed by atoms with van der Waals surface area (Å²) in [5.74, 6) is 0.268. The molecule has 40 heavy (non-hydrogen) atoms. The lowest BCUT2D eigenvalue weighted by Gasteiger charge is -2.33. The number of pyridine rings is 1. The van der Waals surface area contributed by atoms with Gasteiger partial charge in [-0.05, 0) is 36.2 Å². The van der Waals surface area contributed by atoms with Gasteiger partial charge in [0, 0.05) is 22.9 Å². The monoisotopic (exact) mass is 590 g/mol. The Bertz CT molecular complexity index is 1930. The van der Waals surface area contributed by atoms with Gasteiger partial charge in [-0.3, -0.25) is 0 Å². The van der Waals surface area contributed by atoms with Gasteiger partial charge in [-0.25, -0.2) is 32.9 Å². The Morgan fingerprint density at radius 3 is 2.60 bits per heavy atom. The molecule has 7 rings (SSSR count). The smallest absolute Gasteiger partial charge is 0.363 e. The van der Waals surface area contributed by atoms with E-state index in [1.807, 2.05) is 0 Å². The number of alkyl halides is 5. The molecule has 6 heterocycles. The maximum absolute atomic E-state index is 14.1. The van der Waals surface area contributed by atoms with Crippen LogP contribution in [0, 0.1) is 6.92 Å². The number of rotatable bonds is 3. The van der Waals surface area contributed by atoms with Crippen molar-refractivity contribution in [2.24, 2.45) is 0 Å². The van der Waals surface area contributed by atoms with E-state index in [-0.39, 0.29) is 29.5 Å². The van der Waals surface area contributed by atoms with Crippen LogP contribution in [0.25, 0.3) is 37.6 Å². The summed E-state index contributed by atoms with van der Waals surface area (Å²) in [6.07, 6.45) is -6.12. The quantitative estimate of drug-likeness (QED) is 0.218. The molecule has 1 N–H and O–H groups in total. The van der Waals surface area contributed by atoms with E-state index in [0.29, 0.717) is 42.2 Å². The van der Waals surface area contributed by atoms with Crippen LogP contribution in [0.1, 0.15) is 41.8 Å². The van der Waals surface area contributed by atoms with Crippen molar-refractivity contribution in [2.75, 3.05) is 5.32 Å². The number of thiophene rings is 1. The highest BCUT2D eigenvalue weighted by molar-refractivity contribution is 7.26. The van der Waals surface area contributed by atoms with E-state index in [1.54, 1.807) is 31.2 Å². The fourth-order valence-corrected chi connectivity index (χ4v) is 6.36. The van der Waals surface area contributed by atoms with Gasteiger partial charge in [0.15, 0.2) is 11.7 Å². The number of nitrogens with one attached hydrogen (secondary N) is 1. The van der Waals surface area contributed by atoms with E-state index in [9.17, 15) is 22.0 Å². The normalized spacial score (nSPS) is 17.7. The highest BCUT2D eigenvalue weighted by atomic mass is 35.5. The lowest BCUT2D eigenvalue weighted by atomic mass is 9.97. The predicted molar refractivity (Wildman–Crippen MR) is 140 cm³/mol. The fraction of sp³-hybridized carbons (Fsp3) is 0.240. The van der Waals surface area contributed by atoms with E-state index in [1.165, 1.54) is 23.0 Å². The Morgan fingerprint density at radius 2 is 1.88 bits per heavy atom. The van der Waals surface area contributed by atoms with Crippen molar-refractivity contribution < 1.29 is 22.0 Å². The van der Waals surface area contributed by atoms with Crippen LogP contribution in [0.4, 0.5) is 27.8 Å². The Hall–Kier alpha value is -3.91. The van der Waals surface area contributed by atoms with Crippen molar-refractivity contribution in [1.29, 1.82) is 0 Å². The van der Waals surface area contributed by atoms with Gasteiger partial charge < -0.3 is 5.32 Å². The van der Waals surface area contributed by atoms with Gasteiger partial charge in [-0.1, -0.05) is 23.7 Å². The summed E-state index contributed by atoms with van der Waals surface area (Å²) in [6.45, 7) is 1.71. The molecule has 5 aromatic heterocycles. The molecule has 204 valence electrons. The standard InChI is InChI=1S/C25H16ClF5N8S/c1-10-6-14(21(27)28)34-24-18(10)19-20(40-24)23-35-22(37-38(23)9-32-19)15-8-17-33-13(11-2-4-12(26)5-3-11)7-16(25(29,30)31)39(17)36-15/h2-6,8-9,13,16,21,33H,7H2,1H3/t13-,16-/m0/s1. The summed E-state index contributed by atoms with van der Waals surface area (Å²) >= 11 is 7.11. The summed E-state index contributed by atoms with van der Waals surface area (Å²) in [5, 5.41) is 12.9. The maximum Gasteiger partial charge on any atom is 0.410 e. The first-order valence-electron chi connectivity index (χ1n) is 12.0. The molecule has 1 aliphatic heterocycles. The minimum Gasteiger partial charge on any atom is -0.363 e. The Kier molecular flexibility index (Phi) is 5.52. The molecule has 0 spiro atoms. The topological polar surface area (TPSA) is 85.8 Å². The molecular weight excluding hydrogens is 575 g/mol. The number of aryl methyl sites for hydroxylation is 1. The third kappa shape index (κ3) is 3.96. The van der Waals surface area contributed by atoms with E-state index in [0.717, 1.165) is 16.0 Å². The molecule has 0 aliphatic carbocycles. The van der Waals surface area contributed by atoms with Crippen LogP contribution in [0.15, 0.2) is 42.7 Å². The second kappa shape index (κ2) is 8.80. The van der Waals surface area contributed by atoms with Gasteiger partial charge >= 0.3 is 6.18 Å². The first-order valence-corrected chi connectivity index (χ1v) is 13.2. The second-order valence-electron chi connectivity index (χ2n) is 9.47. The van der Waals surface area contributed by atoms with Crippen LogP contribution in [-0.2, 0) is 0 Å². The lowest BCUT2D eigenvalue weighted by Crippen LogP contribution is -2.35. The molecule has 0 unspecified atom stereocenters. The average molecular weight is 591 g/mol. The molecule has 0 radical (unpaired) electrons. The highest BCUT2D eigenvalue weighted by Gasteiger charge is 2.46.